The third-order valence-corrected chi connectivity index (χ3v) is 4.36. The van der Waals surface area contributed by atoms with Crippen LogP contribution in [0.3, 0.4) is 0 Å². The van der Waals surface area contributed by atoms with Gasteiger partial charge in [0.25, 0.3) is 5.91 Å². The van der Waals surface area contributed by atoms with E-state index in [1.54, 1.807) is 6.07 Å². The van der Waals surface area contributed by atoms with Gasteiger partial charge in [-0.1, -0.05) is 59.6 Å². The molecule has 1 heterocycles. The van der Waals surface area contributed by atoms with Crippen molar-refractivity contribution in [3.05, 3.63) is 65.2 Å². The molecule has 1 aliphatic heterocycles. The summed E-state index contributed by atoms with van der Waals surface area (Å²) in [5.41, 5.74) is 3.35. The Morgan fingerprint density at radius 2 is 2.00 bits per heavy atom. The Morgan fingerprint density at radius 3 is 2.72 bits per heavy atom. The molecule has 130 valence electrons. The molecule has 3 rings (SSSR count). The average molecular weight is 357 g/mol. The van der Waals surface area contributed by atoms with Gasteiger partial charge in [0.2, 0.25) is 0 Å². The molecule has 0 fully saturated rings. The summed E-state index contributed by atoms with van der Waals surface area (Å²) < 4.78 is 5.55. The van der Waals surface area contributed by atoms with E-state index in [1.807, 2.05) is 42.5 Å². The van der Waals surface area contributed by atoms with Crippen molar-refractivity contribution in [1.82, 2.24) is 10.6 Å². The molecular formula is C20H21ClN2O2. The van der Waals surface area contributed by atoms with Crippen LogP contribution in [0.1, 0.15) is 6.42 Å². The molecule has 4 nitrogen and oxygen atoms in total. The molecular weight excluding hydrogens is 336 g/mol. The second kappa shape index (κ2) is 8.70. The van der Waals surface area contributed by atoms with E-state index in [1.165, 1.54) is 5.57 Å². The molecule has 2 aromatic rings. The van der Waals surface area contributed by atoms with Crippen LogP contribution in [-0.2, 0) is 4.79 Å². The molecule has 0 saturated carbocycles. The van der Waals surface area contributed by atoms with Crippen LogP contribution < -0.4 is 15.4 Å². The van der Waals surface area contributed by atoms with Gasteiger partial charge in [-0.15, -0.1) is 0 Å². The van der Waals surface area contributed by atoms with Gasteiger partial charge in [-0.2, -0.15) is 0 Å². The average Bonchev–Trinajstić information content (AvgIpc) is 2.67. The molecule has 0 aliphatic carbocycles. The third kappa shape index (κ3) is 5.08. The molecule has 0 saturated heterocycles. The van der Waals surface area contributed by atoms with E-state index in [4.69, 9.17) is 16.3 Å². The molecule has 25 heavy (non-hydrogen) atoms. The van der Waals surface area contributed by atoms with Gasteiger partial charge in [0, 0.05) is 13.1 Å². The molecule has 0 atom stereocenters. The van der Waals surface area contributed by atoms with Crippen LogP contribution in [0.2, 0.25) is 5.02 Å². The number of rotatable bonds is 6. The lowest BCUT2D eigenvalue weighted by atomic mass is 10.1. The third-order valence-electron chi connectivity index (χ3n) is 4.07. The predicted molar refractivity (Wildman–Crippen MR) is 101 cm³/mol. The lowest BCUT2D eigenvalue weighted by molar-refractivity contribution is -0.122. The zero-order valence-electron chi connectivity index (χ0n) is 13.9. The highest BCUT2D eigenvalue weighted by molar-refractivity contribution is 6.32. The molecule has 0 bridgehead atoms. The minimum Gasteiger partial charge on any atom is -0.482 e. The number of amides is 1. The van der Waals surface area contributed by atoms with E-state index in [0.29, 0.717) is 17.3 Å². The van der Waals surface area contributed by atoms with Crippen LogP contribution in [0.15, 0.2) is 60.2 Å². The van der Waals surface area contributed by atoms with Gasteiger partial charge in [0.1, 0.15) is 5.75 Å². The van der Waals surface area contributed by atoms with Crippen molar-refractivity contribution in [1.29, 1.82) is 0 Å². The second-order valence-electron chi connectivity index (χ2n) is 5.89. The lowest BCUT2D eigenvalue weighted by Crippen LogP contribution is -2.32. The highest BCUT2D eigenvalue weighted by Gasteiger charge is 2.09. The number of nitrogens with one attached hydrogen (secondary N) is 2. The van der Waals surface area contributed by atoms with Crippen LogP contribution in [0.25, 0.3) is 11.1 Å². The zero-order chi connectivity index (χ0) is 17.5. The van der Waals surface area contributed by atoms with Crippen molar-refractivity contribution in [3.63, 3.8) is 0 Å². The van der Waals surface area contributed by atoms with Gasteiger partial charge in [0.05, 0.1) is 5.02 Å². The standard InChI is InChI=1S/C20H21ClN2O2/c21-18-12-17(16-4-2-1-3-5-16)6-7-19(18)25-14-20(24)23-13-15-8-10-22-11-9-15/h1-8,12,22H,9-11,13-14H2,(H,23,24). The highest BCUT2D eigenvalue weighted by atomic mass is 35.5. The smallest absolute Gasteiger partial charge is 0.258 e. The Kier molecular flexibility index (Phi) is 6.09. The number of carbonyl (C=O) groups excluding carboxylic acids is 1. The van der Waals surface area contributed by atoms with Gasteiger partial charge in [-0.25, -0.2) is 0 Å². The molecule has 2 aromatic carbocycles. The Hall–Kier alpha value is -2.30. The fourth-order valence-electron chi connectivity index (χ4n) is 2.66. The highest BCUT2D eigenvalue weighted by Crippen LogP contribution is 2.30. The van der Waals surface area contributed by atoms with E-state index < -0.39 is 0 Å². The normalized spacial score (nSPS) is 13.9. The second-order valence-corrected chi connectivity index (χ2v) is 6.30. The molecule has 0 unspecified atom stereocenters. The summed E-state index contributed by atoms with van der Waals surface area (Å²) in [6.45, 7) is 2.35. The van der Waals surface area contributed by atoms with Crippen molar-refractivity contribution >= 4 is 17.5 Å². The van der Waals surface area contributed by atoms with Crippen LogP contribution in [0.5, 0.6) is 5.75 Å². The van der Waals surface area contributed by atoms with Crippen LogP contribution in [0.4, 0.5) is 0 Å². The van der Waals surface area contributed by atoms with Crippen molar-refractivity contribution in [2.75, 3.05) is 26.2 Å². The fourth-order valence-corrected chi connectivity index (χ4v) is 2.90. The maximum atomic E-state index is 11.9. The summed E-state index contributed by atoms with van der Waals surface area (Å²) in [5, 5.41) is 6.61. The Bertz CT molecular complexity index is 760. The van der Waals surface area contributed by atoms with E-state index in [2.05, 4.69) is 16.7 Å². The summed E-state index contributed by atoms with van der Waals surface area (Å²) >= 11 is 6.29. The van der Waals surface area contributed by atoms with E-state index >= 15 is 0 Å². The van der Waals surface area contributed by atoms with E-state index in [0.717, 1.165) is 30.6 Å². The number of carbonyl (C=O) groups is 1. The molecule has 2 N–H and O–H groups in total. The first-order valence-electron chi connectivity index (χ1n) is 8.35. The summed E-state index contributed by atoms with van der Waals surface area (Å²) in [6.07, 6.45) is 3.08. The topological polar surface area (TPSA) is 50.4 Å². The van der Waals surface area contributed by atoms with Crippen LogP contribution in [0, 0.1) is 0 Å². The van der Waals surface area contributed by atoms with Gasteiger partial charge >= 0.3 is 0 Å². The number of hydrogen-bond acceptors (Lipinski definition) is 3. The van der Waals surface area contributed by atoms with E-state index in [9.17, 15) is 4.79 Å². The van der Waals surface area contributed by atoms with Gasteiger partial charge < -0.3 is 15.4 Å². The molecule has 1 amide bonds. The zero-order valence-corrected chi connectivity index (χ0v) is 14.7. The summed E-state index contributed by atoms with van der Waals surface area (Å²) in [6, 6.07) is 15.6. The van der Waals surface area contributed by atoms with Gasteiger partial charge in [-0.05, 0) is 36.2 Å². The van der Waals surface area contributed by atoms with Crippen molar-refractivity contribution in [2.45, 2.75) is 6.42 Å². The van der Waals surface area contributed by atoms with Crippen molar-refractivity contribution in [3.8, 4) is 16.9 Å². The first-order valence-corrected chi connectivity index (χ1v) is 8.73. The summed E-state index contributed by atoms with van der Waals surface area (Å²) in [7, 11) is 0. The quantitative estimate of drug-likeness (QED) is 0.780. The van der Waals surface area contributed by atoms with Gasteiger partial charge in [-0.3, -0.25) is 4.79 Å². The van der Waals surface area contributed by atoms with Crippen molar-refractivity contribution < 1.29 is 9.53 Å². The van der Waals surface area contributed by atoms with Gasteiger partial charge in [0.15, 0.2) is 6.61 Å². The van der Waals surface area contributed by atoms with Crippen molar-refractivity contribution in [2.24, 2.45) is 0 Å². The van der Waals surface area contributed by atoms with Crippen LogP contribution in [-0.4, -0.2) is 32.1 Å². The van der Waals surface area contributed by atoms with E-state index in [-0.39, 0.29) is 12.5 Å². The number of halogens is 1. The molecule has 0 radical (unpaired) electrons. The minimum atomic E-state index is -0.150. The Morgan fingerprint density at radius 1 is 1.16 bits per heavy atom. The summed E-state index contributed by atoms with van der Waals surface area (Å²) in [4.78, 5) is 11.9. The first-order chi connectivity index (χ1) is 12.2. The summed E-state index contributed by atoms with van der Waals surface area (Å²) in [5.74, 6) is 0.361. The van der Waals surface area contributed by atoms with Crippen LogP contribution >= 0.6 is 11.6 Å². The molecule has 5 heteroatoms. The SMILES string of the molecule is O=C(COc1ccc(-c2ccccc2)cc1Cl)NCC1=CCNCC1. The number of benzene rings is 2. The predicted octanol–water partition coefficient (Wildman–Crippen LogP) is 3.42. The number of ether oxygens (including phenoxy) is 1. The number of hydrogen-bond donors (Lipinski definition) is 2. The molecule has 0 spiro atoms. The largest absolute Gasteiger partial charge is 0.482 e. The Labute approximate surface area is 152 Å². The Balaban J connectivity index is 1.52. The maximum absolute atomic E-state index is 11.9. The maximum Gasteiger partial charge on any atom is 0.258 e. The first kappa shape index (κ1) is 17.5. The lowest BCUT2D eigenvalue weighted by Gasteiger charge is -2.15. The monoisotopic (exact) mass is 356 g/mol. The molecule has 0 aromatic heterocycles. The minimum absolute atomic E-state index is 0.0457. The molecule has 1 aliphatic rings. The fraction of sp³-hybridized carbons (Fsp3) is 0.250.